The lowest BCUT2D eigenvalue weighted by molar-refractivity contribution is -0.113. The van der Waals surface area contributed by atoms with Gasteiger partial charge in [0.1, 0.15) is 11.5 Å². The van der Waals surface area contributed by atoms with E-state index in [2.05, 4.69) is 10.3 Å². The highest BCUT2D eigenvalue weighted by molar-refractivity contribution is 6.33. The quantitative estimate of drug-likeness (QED) is 0.369. The summed E-state index contributed by atoms with van der Waals surface area (Å²) < 4.78 is 0. The number of aryl methyl sites for hydroxylation is 1. The molecule has 35 heavy (non-hydrogen) atoms. The maximum absolute atomic E-state index is 13.4. The summed E-state index contributed by atoms with van der Waals surface area (Å²) in [5.41, 5.74) is 5.08. The minimum absolute atomic E-state index is 0.213. The van der Waals surface area contributed by atoms with Crippen molar-refractivity contribution in [1.82, 2.24) is 0 Å². The van der Waals surface area contributed by atoms with Gasteiger partial charge >= 0.3 is 0 Å². The Morgan fingerprint density at radius 2 is 1.43 bits per heavy atom. The highest BCUT2D eigenvalue weighted by Gasteiger charge is 2.32. The highest BCUT2D eigenvalue weighted by atomic mass is 16.2. The molecule has 0 fully saturated rings. The number of amides is 2. The van der Waals surface area contributed by atoms with E-state index in [0.717, 1.165) is 22.4 Å². The molecule has 2 amide bonds. The predicted molar refractivity (Wildman–Crippen MR) is 140 cm³/mol. The van der Waals surface area contributed by atoms with E-state index in [1.165, 1.54) is 0 Å². The van der Waals surface area contributed by atoms with E-state index in [1.807, 2.05) is 91.9 Å². The standard InChI is InChI=1S/C30H23N3O2/c1-21-12-16-25(17-13-21)31-29(34)24-14-18-26(19-15-24)33-28(23-10-6-3-7-11-23)32-27(30(33)35)20-22-8-4-2-5-9-22/h2-20H,1H3,(H,31,34)/b27-20-. The molecule has 0 unspecified atom stereocenters. The van der Waals surface area contributed by atoms with Crippen molar-refractivity contribution in [3.05, 3.63) is 137 Å². The summed E-state index contributed by atoms with van der Waals surface area (Å²) in [6, 6.07) is 33.8. The normalized spacial score (nSPS) is 14.2. The predicted octanol–water partition coefficient (Wildman–Crippen LogP) is 6.08. The third-order valence-electron chi connectivity index (χ3n) is 5.69. The molecule has 4 aromatic carbocycles. The number of anilines is 2. The topological polar surface area (TPSA) is 61.8 Å². The number of benzene rings is 4. The lowest BCUT2D eigenvalue weighted by Crippen LogP contribution is -2.32. The van der Waals surface area contributed by atoms with Crippen molar-refractivity contribution >= 4 is 35.1 Å². The van der Waals surface area contributed by atoms with Gasteiger partial charge in [-0.15, -0.1) is 0 Å². The first-order valence-electron chi connectivity index (χ1n) is 11.3. The molecule has 0 aliphatic carbocycles. The van der Waals surface area contributed by atoms with Crippen molar-refractivity contribution in [3.63, 3.8) is 0 Å². The fourth-order valence-electron chi connectivity index (χ4n) is 3.85. The Balaban J connectivity index is 1.44. The van der Waals surface area contributed by atoms with Gasteiger partial charge in [0.05, 0.1) is 5.69 Å². The van der Waals surface area contributed by atoms with E-state index in [-0.39, 0.29) is 11.8 Å². The van der Waals surface area contributed by atoms with Gasteiger partial charge in [-0.3, -0.25) is 14.5 Å². The minimum atomic E-state index is -0.218. The van der Waals surface area contributed by atoms with Gasteiger partial charge in [0.15, 0.2) is 0 Å². The Bertz CT molecular complexity index is 1420. The smallest absolute Gasteiger partial charge is 0.282 e. The third-order valence-corrected chi connectivity index (χ3v) is 5.69. The first-order chi connectivity index (χ1) is 17.1. The molecule has 5 nitrogen and oxygen atoms in total. The van der Waals surface area contributed by atoms with Gasteiger partial charge in [-0.2, -0.15) is 0 Å². The van der Waals surface area contributed by atoms with Gasteiger partial charge in [0.25, 0.3) is 11.8 Å². The molecular weight excluding hydrogens is 434 g/mol. The van der Waals surface area contributed by atoms with Crippen LogP contribution in [-0.2, 0) is 4.79 Å². The Morgan fingerprint density at radius 1 is 0.800 bits per heavy atom. The molecule has 5 heteroatoms. The van der Waals surface area contributed by atoms with E-state index in [9.17, 15) is 9.59 Å². The summed E-state index contributed by atoms with van der Waals surface area (Å²) in [4.78, 5) is 32.4. The molecule has 0 radical (unpaired) electrons. The molecule has 0 atom stereocenters. The number of rotatable bonds is 5. The van der Waals surface area contributed by atoms with Crippen LogP contribution < -0.4 is 10.2 Å². The monoisotopic (exact) mass is 457 g/mol. The molecule has 1 heterocycles. The van der Waals surface area contributed by atoms with Crippen LogP contribution in [0, 0.1) is 6.92 Å². The molecule has 1 aliphatic rings. The van der Waals surface area contributed by atoms with Crippen molar-refractivity contribution in [2.24, 2.45) is 4.99 Å². The highest BCUT2D eigenvalue weighted by Crippen LogP contribution is 2.28. The number of amidine groups is 1. The van der Waals surface area contributed by atoms with Crippen LogP contribution in [0.3, 0.4) is 0 Å². The van der Waals surface area contributed by atoms with Crippen molar-refractivity contribution in [3.8, 4) is 0 Å². The summed E-state index contributed by atoms with van der Waals surface area (Å²) in [6.07, 6.45) is 1.79. The van der Waals surface area contributed by atoms with E-state index < -0.39 is 0 Å². The molecule has 0 saturated heterocycles. The van der Waals surface area contributed by atoms with E-state index in [0.29, 0.717) is 22.8 Å². The molecule has 0 bridgehead atoms. The van der Waals surface area contributed by atoms with Crippen LogP contribution in [-0.4, -0.2) is 17.6 Å². The molecule has 0 aromatic heterocycles. The summed E-state index contributed by atoms with van der Waals surface area (Å²) in [6.45, 7) is 2.00. The van der Waals surface area contributed by atoms with Gasteiger partial charge in [-0.1, -0.05) is 78.4 Å². The van der Waals surface area contributed by atoms with Crippen LogP contribution in [0.2, 0.25) is 0 Å². The Hall–Kier alpha value is -4.77. The van der Waals surface area contributed by atoms with Gasteiger partial charge in [0.2, 0.25) is 0 Å². The van der Waals surface area contributed by atoms with Crippen LogP contribution >= 0.6 is 0 Å². The molecule has 1 N–H and O–H groups in total. The number of hydrogen-bond acceptors (Lipinski definition) is 3. The van der Waals surface area contributed by atoms with Crippen molar-refractivity contribution in [1.29, 1.82) is 0 Å². The number of aliphatic imine (C=N–C) groups is 1. The van der Waals surface area contributed by atoms with Gasteiger partial charge in [0, 0.05) is 16.8 Å². The molecule has 0 spiro atoms. The Labute approximate surface area is 204 Å². The second-order valence-electron chi connectivity index (χ2n) is 8.25. The largest absolute Gasteiger partial charge is 0.322 e. The zero-order chi connectivity index (χ0) is 24.2. The van der Waals surface area contributed by atoms with Crippen molar-refractivity contribution in [2.75, 3.05) is 10.2 Å². The zero-order valence-corrected chi connectivity index (χ0v) is 19.2. The second-order valence-corrected chi connectivity index (χ2v) is 8.25. The average molecular weight is 458 g/mol. The first kappa shape index (κ1) is 22.0. The lowest BCUT2D eigenvalue weighted by Gasteiger charge is -2.19. The fourth-order valence-corrected chi connectivity index (χ4v) is 3.85. The van der Waals surface area contributed by atoms with Crippen LogP contribution in [0.1, 0.15) is 27.0 Å². The van der Waals surface area contributed by atoms with Gasteiger partial charge in [-0.05, 0) is 55.0 Å². The van der Waals surface area contributed by atoms with Crippen LogP contribution in [0.4, 0.5) is 11.4 Å². The number of carbonyl (C=O) groups is 2. The van der Waals surface area contributed by atoms with E-state index in [1.54, 1.807) is 35.2 Å². The summed E-state index contributed by atoms with van der Waals surface area (Å²) >= 11 is 0. The van der Waals surface area contributed by atoms with Crippen LogP contribution in [0.25, 0.3) is 6.08 Å². The number of nitrogens with one attached hydrogen (secondary N) is 1. The Morgan fingerprint density at radius 3 is 2.09 bits per heavy atom. The van der Waals surface area contributed by atoms with Crippen molar-refractivity contribution in [2.45, 2.75) is 6.92 Å². The molecular formula is C30H23N3O2. The van der Waals surface area contributed by atoms with Gasteiger partial charge < -0.3 is 5.32 Å². The SMILES string of the molecule is Cc1ccc(NC(=O)c2ccc(N3C(=O)/C(=C/c4ccccc4)N=C3c3ccccc3)cc2)cc1. The lowest BCUT2D eigenvalue weighted by atomic mass is 10.1. The maximum Gasteiger partial charge on any atom is 0.282 e. The Kier molecular flexibility index (Phi) is 6.05. The minimum Gasteiger partial charge on any atom is -0.322 e. The molecule has 170 valence electrons. The summed E-state index contributed by atoms with van der Waals surface area (Å²) in [5.74, 6) is 0.119. The third kappa shape index (κ3) is 4.80. The van der Waals surface area contributed by atoms with Crippen LogP contribution in [0.5, 0.6) is 0 Å². The fraction of sp³-hybridized carbons (Fsp3) is 0.0333. The van der Waals surface area contributed by atoms with E-state index >= 15 is 0 Å². The average Bonchev–Trinajstić information content (AvgIpc) is 3.22. The summed E-state index contributed by atoms with van der Waals surface area (Å²) in [7, 11) is 0. The molecule has 1 aliphatic heterocycles. The second kappa shape index (κ2) is 9.61. The van der Waals surface area contributed by atoms with Crippen LogP contribution in [0.15, 0.2) is 120 Å². The molecule has 0 saturated carbocycles. The van der Waals surface area contributed by atoms with E-state index in [4.69, 9.17) is 0 Å². The summed E-state index contributed by atoms with van der Waals surface area (Å²) in [5, 5.41) is 2.90. The molecule has 4 aromatic rings. The maximum atomic E-state index is 13.4. The number of nitrogens with zero attached hydrogens (tertiary/aromatic N) is 2. The first-order valence-corrected chi connectivity index (χ1v) is 11.3. The van der Waals surface area contributed by atoms with Crippen molar-refractivity contribution < 1.29 is 9.59 Å². The molecule has 5 rings (SSSR count). The number of carbonyl (C=O) groups excluding carboxylic acids is 2. The number of hydrogen-bond donors (Lipinski definition) is 1. The van der Waals surface area contributed by atoms with Gasteiger partial charge in [-0.25, -0.2) is 4.99 Å². The zero-order valence-electron chi connectivity index (χ0n) is 19.2.